The van der Waals surface area contributed by atoms with Gasteiger partial charge in [-0.15, -0.1) is 5.56 Å². The molecular weight excluding hydrogens is 551 g/mol. The molecule has 4 rings (SSSR count). The first-order valence-corrected chi connectivity index (χ1v) is 12.3. The molecule has 37 heavy (non-hydrogen) atoms. The maximum atomic E-state index is 2.41. The zero-order valence-electron chi connectivity index (χ0n) is 23.0. The van der Waals surface area contributed by atoms with E-state index in [1.54, 1.807) is 0 Å². The van der Waals surface area contributed by atoms with E-state index in [-0.39, 0.29) is 64.4 Å². The van der Waals surface area contributed by atoms with Crippen LogP contribution in [0.15, 0.2) is 72.8 Å². The van der Waals surface area contributed by atoms with Gasteiger partial charge in [0.2, 0.25) is 0 Å². The summed E-state index contributed by atoms with van der Waals surface area (Å²) in [4.78, 5) is 0. The van der Waals surface area contributed by atoms with Crippen LogP contribution >= 0.6 is 0 Å². The van der Waals surface area contributed by atoms with Crippen molar-refractivity contribution in [2.24, 2.45) is 0 Å². The second-order valence-electron chi connectivity index (χ2n) is 10.1. The first-order chi connectivity index (χ1) is 15.7. The largest absolute Gasteiger partial charge is 4.00 e. The minimum atomic E-state index is -0.363. The van der Waals surface area contributed by atoms with Crippen LogP contribution in [0.5, 0.6) is 0 Å². The summed E-state index contributed by atoms with van der Waals surface area (Å²) in [5.41, 5.74) is 14.5. The fraction of sp³-hybridized carbons (Fsp3) is 0.303. The number of hydrogen-bond donors (Lipinski definition) is 0. The Labute approximate surface area is 258 Å². The minimum absolute atomic E-state index is 0. The third kappa shape index (κ3) is 7.17. The van der Waals surface area contributed by atoms with Crippen molar-refractivity contribution in [2.45, 2.75) is 66.7 Å². The second-order valence-corrected chi connectivity index (χ2v) is 10.1. The molecule has 0 spiro atoms. The fourth-order valence-corrected chi connectivity index (χ4v) is 5.85. The number of benzene rings is 3. The SMILES string of the molecule is CCCc1ccc[c-]1C(c1cc(C)cc(C)c1)(c1cc(C)cc(C)c1)c1cc(C)cc(C)c1.[Cl-].[Cl-].[Cl-].[Ti+4]. The smallest absolute Gasteiger partial charge is 1.00 e. The van der Waals surface area contributed by atoms with E-state index in [0.29, 0.717) is 0 Å². The summed E-state index contributed by atoms with van der Waals surface area (Å²) in [6.07, 6.45) is 2.23. The van der Waals surface area contributed by atoms with Crippen LogP contribution in [-0.2, 0) is 33.6 Å². The molecule has 194 valence electrons. The van der Waals surface area contributed by atoms with Crippen LogP contribution in [0.2, 0.25) is 0 Å². The summed E-state index contributed by atoms with van der Waals surface area (Å²) < 4.78 is 0. The Morgan fingerprint density at radius 3 is 1.19 bits per heavy atom. The molecule has 0 nitrogen and oxygen atoms in total. The van der Waals surface area contributed by atoms with Gasteiger partial charge in [-0.3, -0.25) is 0 Å². The predicted octanol–water partition coefficient (Wildman–Crippen LogP) is -0.399. The monoisotopic (exact) mass is 586 g/mol. The summed E-state index contributed by atoms with van der Waals surface area (Å²) in [5, 5.41) is 0. The molecule has 0 saturated heterocycles. The molecule has 0 aliphatic rings. The predicted molar refractivity (Wildman–Crippen MR) is 143 cm³/mol. The molecular formula is C33H37Cl3Ti. The van der Waals surface area contributed by atoms with E-state index in [4.69, 9.17) is 0 Å². The van der Waals surface area contributed by atoms with Crippen molar-refractivity contribution in [3.63, 3.8) is 0 Å². The minimum Gasteiger partial charge on any atom is -1.00 e. The van der Waals surface area contributed by atoms with Gasteiger partial charge in [0.05, 0.1) is 0 Å². The van der Waals surface area contributed by atoms with Crippen molar-refractivity contribution < 1.29 is 58.9 Å². The van der Waals surface area contributed by atoms with Crippen LogP contribution in [0.4, 0.5) is 0 Å². The zero-order valence-corrected chi connectivity index (χ0v) is 26.8. The Morgan fingerprint density at radius 1 is 0.568 bits per heavy atom. The van der Waals surface area contributed by atoms with E-state index in [2.05, 4.69) is 121 Å². The van der Waals surface area contributed by atoms with Gasteiger partial charge in [-0.1, -0.05) is 108 Å². The van der Waals surface area contributed by atoms with E-state index < -0.39 is 0 Å². The van der Waals surface area contributed by atoms with Crippen molar-refractivity contribution in [3.05, 3.63) is 134 Å². The van der Waals surface area contributed by atoms with Gasteiger partial charge in [0.25, 0.3) is 0 Å². The van der Waals surface area contributed by atoms with Crippen LogP contribution in [0.3, 0.4) is 0 Å². The number of halogens is 3. The third-order valence-corrected chi connectivity index (χ3v) is 6.79. The molecule has 0 aliphatic carbocycles. The van der Waals surface area contributed by atoms with E-state index in [9.17, 15) is 0 Å². The van der Waals surface area contributed by atoms with Crippen LogP contribution < -0.4 is 37.2 Å². The summed E-state index contributed by atoms with van der Waals surface area (Å²) in [7, 11) is 0. The molecule has 4 aromatic carbocycles. The van der Waals surface area contributed by atoms with E-state index in [1.165, 1.54) is 61.2 Å². The van der Waals surface area contributed by atoms with E-state index in [0.717, 1.165) is 12.8 Å². The molecule has 0 atom stereocenters. The van der Waals surface area contributed by atoms with Crippen LogP contribution in [0.25, 0.3) is 0 Å². The number of aryl methyl sites for hydroxylation is 7. The first kappa shape index (κ1) is 35.6. The van der Waals surface area contributed by atoms with Crippen LogP contribution in [-0.4, -0.2) is 0 Å². The van der Waals surface area contributed by atoms with Gasteiger partial charge in [0.15, 0.2) is 0 Å². The Hall–Kier alpha value is -1.41. The van der Waals surface area contributed by atoms with Gasteiger partial charge in [-0.25, -0.2) is 12.1 Å². The average Bonchev–Trinajstić information content (AvgIpc) is 3.15. The fourth-order valence-electron chi connectivity index (χ4n) is 5.85. The molecule has 0 aromatic heterocycles. The molecule has 4 heteroatoms. The van der Waals surface area contributed by atoms with Crippen LogP contribution in [0.1, 0.15) is 74.5 Å². The Balaban J connectivity index is 0.00000324. The second kappa shape index (κ2) is 14.7. The van der Waals surface area contributed by atoms with Crippen molar-refractivity contribution >= 4 is 0 Å². The molecule has 0 unspecified atom stereocenters. The van der Waals surface area contributed by atoms with Crippen molar-refractivity contribution in [1.29, 1.82) is 0 Å². The summed E-state index contributed by atoms with van der Waals surface area (Å²) >= 11 is 0. The molecule has 4 aromatic rings. The van der Waals surface area contributed by atoms with Crippen molar-refractivity contribution in [3.8, 4) is 0 Å². The zero-order chi connectivity index (χ0) is 23.8. The normalized spacial score (nSPS) is 10.5. The molecule has 0 N–H and O–H groups in total. The number of rotatable bonds is 6. The topological polar surface area (TPSA) is 0 Å². The quantitative estimate of drug-likeness (QED) is 0.164. The maximum absolute atomic E-state index is 2.41. The van der Waals surface area contributed by atoms with Gasteiger partial charge in [-0.2, -0.15) is 11.6 Å². The van der Waals surface area contributed by atoms with Gasteiger partial charge in [-0.05, 0) is 58.2 Å². The van der Waals surface area contributed by atoms with Gasteiger partial charge >= 0.3 is 21.7 Å². The molecule has 0 radical (unpaired) electrons. The number of hydrogen-bond acceptors (Lipinski definition) is 0. The Kier molecular flexibility index (Phi) is 14.1. The molecule has 0 saturated carbocycles. The first-order valence-electron chi connectivity index (χ1n) is 12.3. The van der Waals surface area contributed by atoms with Gasteiger partial charge < -0.3 is 37.2 Å². The Bertz CT molecular complexity index is 1120. The van der Waals surface area contributed by atoms with E-state index in [1.807, 2.05) is 0 Å². The van der Waals surface area contributed by atoms with E-state index >= 15 is 0 Å². The average molecular weight is 588 g/mol. The maximum Gasteiger partial charge on any atom is 4.00 e. The molecule has 0 fully saturated rings. The summed E-state index contributed by atoms with van der Waals surface area (Å²) in [6, 6.07) is 28.3. The standard InChI is InChI=1S/C33H37.3ClH.Ti/c1-8-10-28-11-9-12-32(28)33(29-16-22(2)13-23(3)17-29,30-18-24(4)14-25(5)19-30)31-20-26(6)15-27(7)21-31;;;;/h9,11-21H,8,10H2,1-7H3;3*1H;/q-1;;;;+4/p-3. The van der Waals surface area contributed by atoms with Gasteiger partial charge in [0, 0.05) is 5.41 Å². The Morgan fingerprint density at radius 2 is 0.892 bits per heavy atom. The van der Waals surface area contributed by atoms with Crippen LogP contribution in [0, 0.1) is 41.5 Å². The molecule has 0 amide bonds. The molecule has 0 aliphatic heterocycles. The van der Waals surface area contributed by atoms with Crippen molar-refractivity contribution in [2.75, 3.05) is 0 Å². The third-order valence-electron chi connectivity index (χ3n) is 6.79. The molecule has 0 heterocycles. The van der Waals surface area contributed by atoms with Gasteiger partial charge in [0.1, 0.15) is 0 Å². The summed E-state index contributed by atoms with van der Waals surface area (Å²) in [6.45, 7) is 15.6. The summed E-state index contributed by atoms with van der Waals surface area (Å²) in [5.74, 6) is 0. The van der Waals surface area contributed by atoms with Crippen molar-refractivity contribution in [1.82, 2.24) is 0 Å². The molecule has 0 bridgehead atoms.